The Balaban J connectivity index is 1.64. The van der Waals surface area contributed by atoms with Crippen LogP contribution in [0.1, 0.15) is 11.7 Å². The lowest BCUT2D eigenvalue weighted by Gasteiger charge is -2.22. The minimum atomic E-state index is -0.501. The number of benzene rings is 3. The molecule has 0 spiro atoms. The lowest BCUT2D eigenvalue weighted by molar-refractivity contribution is -0.119. The van der Waals surface area contributed by atoms with E-state index < -0.39 is 6.10 Å². The van der Waals surface area contributed by atoms with Crippen LogP contribution in [-0.2, 0) is 9.53 Å². The first-order chi connectivity index (χ1) is 12.2. The van der Waals surface area contributed by atoms with Crippen molar-refractivity contribution in [2.24, 2.45) is 0 Å². The fourth-order valence-corrected chi connectivity index (χ4v) is 3.12. The third-order valence-corrected chi connectivity index (χ3v) is 4.40. The van der Waals surface area contributed by atoms with Gasteiger partial charge in [-0.3, -0.25) is 9.69 Å². The van der Waals surface area contributed by atoms with Crippen molar-refractivity contribution in [3.63, 3.8) is 0 Å². The van der Waals surface area contributed by atoms with Crippen molar-refractivity contribution in [2.45, 2.75) is 12.2 Å². The standard InChI is InChI=1S/C21H16ClNO2/c22-16-9-7-8-15(14-16)19-20(25-19)21(24)23(17-10-3-1-4-11-17)18-12-5-2-6-13-18/h1-14,19-20H/t19-,20-/m1/s1. The zero-order chi connectivity index (χ0) is 17.2. The third kappa shape index (κ3) is 3.29. The van der Waals surface area contributed by atoms with E-state index >= 15 is 0 Å². The minimum Gasteiger partial charge on any atom is -0.354 e. The van der Waals surface area contributed by atoms with E-state index in [0.717, 1.165) is 16.9 Å². The molecule has 4 rings (SSSR count). The van der Waals surface area contributed by atoms with Gasteiger partial charge in [-0.15, -0.1) is 0 Å². The zero-order valence-electron chi connectivity index (χ0n) is 13.4. The zero-order valence-corrected chi connectivity index (χ0v) is 14.1. The van der Waals surface area contributed by atoms with E-state index in [1.54, 1.807) is 4.90 Å². The minimum absolute atomic E-state index is 0.0811. The monoisotopic (exact) mass is 349 g/mol. The predicted molar refractivity (Wildman–Crippen MR) is 99.1 cm³/mol. The van der Waals surface area contributed by atoms with Crippen LogP contribution in [0.5, 0.6) is 0 Å². The Morgan fingerprint density at radius 1 is 0.840 bits per heavy atom. The molecule has 4 heteroatoms. The number of hydrogen-bond donors (Lipinski definition) is 0. The summed E-state index contributed by atoms with van der Waals surface area (Å²) in [5, 5.41) is 0.641. The van der Waals surface area contributed by atoms with Crippen LogP contribution in [0.4, 0.5) is 11.4 Å². The van der Waals surface area contributed by atoms with E-state index in [0.29, 0.717) is 5.02 Å². The molecule has 1 saturated heterocycles. The van der Waals surface area contributed by atoms with E-state index in [2.05, 4.69) is 0 Å². The smallest absolute Gasteiger partial charge is 0.263 e. The van der Waals surface area contributed by atoms with Crippen LogP contribution in [0.2, 0.25) is 5.02 Å². The Bertz CT molecular complexity index is 843. The van der Waals surface area contributed by atoms with Crippen molar-refractivity contribution in [3.8, 4) is 0 Å². The van der Waals surface area contributed by atoms with Gasteiger partial charge in [-0.2, -0.15) is 0 Å². The molecule has 0 aliphatic carbocycles. The third-order valence-electron chi connectivity index (χ3n) is 4.16. The molecule has 1 heterocycles. The maximum atomic E-state index is 13.1. The average Bonchev–Trinajstić information content (AvgIpc) is 3.45. The molecule has 1 fully saturated rings. The van der Waals surface area contributed by atoms with Gasteiger partial charge in [0.05, 0.1) is 0 Å². The van der Waals surface area contributed by atoms with Crippen molar-refractivity contribution in [3.05, 3.63) is 95.5 Å². The molecule has 2 atom stereocenters. The Morgan fingerprint density at radius 2 is 1.44 bits per heavy atom. The second-order valence-electron chi connectivity index (χ2n) is 5.88. The number of halogens is 1. The number of carbonyl (C=O) groups excluding carboxylic acids is 1. The summed E-state index contributed by atoms with van der Waals surface area (Å²) >= 11 is 6.05. The van der Waals surface area contributed by atoms with Gasteiger partial charge in [0.25, 0.3) is 5.91 Å². The van der Waals surface area contributed by atoms with Gasteiger partial charge >= 0.3 is 0 Å². The summed E-state index contributed by atoms with van der Waals surface area (Å²) in [6, 6.07) is 26.7. The molecule has 0 N–H and O–H groups in total. The first-order valence-corrected chi connectivity index (χ1v) is 8.47. The van der Waals surface area contributed by atoms with Crippen LogP contribution < -0.4 is 4.90 Å². The van der Waals surface area contributed by atoms with Gasteiger partial charge in [0.1, 0.15) is 6.10 Å². The Kier molecular flexibility index (Phi) is 4.26. The second kappa shape index (κ2) is 6.71. The molecular weight excluding hydrogens is 334 g/mol. The highest BCUT2D eigenvalue weighted by Gasteiger charge is 2.48. The largest absolute Gasteiger partial charge is 0.354 e. The first-order valence-electron chi connectivity index (χ1n) is 8.09. The summed E-state index contributed by atoms with van der Waals surface area (Å²) in [4.78, 5) is 14.8. The number of anilines is 2. The van der Waals surface area contributed by atoms with Crippen molar-refractivity contribution >= 4 is 28.9 Å². The number of carbonyl (C=O) groups is 1. The molecule has 1 amide bonds. The van der Waals surface area contributed by atoms with Gasteiger partial charge in [0, 0.05) is 16.4 Å². The van der Waals surface area contributed by atoms with Gasteiger partial charge in [-0.1, -0.05) is 60.1 Å². The summed E-state index contributed by atoms with van der Waals surface area (Å²) in [5.41, 5.74) is 2.56. The topological polar surface area (TPSA) is 32.8 Å². The van der Waals surface area contributed by atoms with Crippen LogP contribution >= 0.6 is 11.6 Å². The molecule has 0 saturated carbocycles. The average molecular weight is 350 g/mol. The van der Waals surface area contributed by atoms with Crippen LogP contribution in [0.3, 0.4) is 0 Å². The van der Waals surface area contributed by atoms with Gasteiger partial charge in [0.2, 0.25) is 0 Å². The van der Waals surface area contributed by atoms with E-state index in [1.165, 1.54) is 0 Å². The Morgan fingerprint density at radius 3 is 2.00 bits per heavy atom. The lowest BCUT2D eigenvalue weighted by Crippen LogP contribution is -2.30. The number of nitrogens with zero attached hydrogens (tertiary/aromatic N) is 1. The summed E-state index contributed by atoms with van der Waals surface area (Å²) in [6.07, 6.45) is -0.750. The Labute approximate surface area is 151 Å². The van der Waals surface area contributed by atoms with E-state index in [-0.39, 0.29) is 12.0 Å². The number of hydrogen-bond acceptors (Lipinski definition) is 2. The quantitative estimate of drug-likeness (QED) is 0.610. The van der Waals surface area contributed by atoms with Crippen LogP contribution in [0.15, 0.2) is 84.9 Å². The highest BCUT2D eigenvalue weighted by Crippen LogP contribution is 2.42. The molecular formula is C21H16ClNO2. The normalized spacial score (nSPS) is 18.6. The molecule has 124 valence electrons. The highest BCUT2D eigenvalue weighted by atomic mass is 35.5. The molecule has 0 unspecified atom stereocenters. The summed E-state index contributed by atoms with van der Waals surface area (Å²) in [5.74, 6) is -0.0811. The maximum Gasteiger partial charge on any atom is 0.263 e. The molecule has 0 radical (unpaired) electrons. The number of amides is 1. The van der Waals surface area contributed by atoms with Gasteiger partial charge in [-0.05, 0) is 42.0 Å². The van der Waals surface area contributed by atoms with Gasteiger partial charge in [-0.25, -0.2) is 0 Å². The fourth-order valence-electron chi connectivity index (χ4n) is 2.92. The first kappa shape index (κ1) is 15.9. The fraction of sp³-hybridized carbons (Fsp3) is 0.0952. The van der Waals surface area contributed by atoms with Crippen molar-refractivity contribution < 1.29 is 9.53 Å². The van der Waals surface area contributed by atoms with E-state index in [1.807, 2.05) is 84.9 Å². The van der Waals surface area contributed by atoms with Gasteiger partial charge in [0.15, 0.2) is 6.10 Å². The van der Waals surface area contributed by atoms with Crippen molar-refractivity contribution in [2.75, 3.05) is 4.90 Å². The van der Waals surface area contributed by atoms with Crippen molar-refractivity contribution in [1.29, 1.82) is 0 Å². The molecule has 1 aliphatic heterocycles. The number of epoxide rings is 1. The maximum absolute atomic E-state index is 13.1. The summed E-state index contributed by atoms with van der Waals surface area (Å²) < 4.78 is 5.69. The molecule has 0 bridgehead atoms. The molecule has 0 aromatic heterocycles. The Hall–Kier alpha value is -2.62. The predicted octanol–water partition coefficient (Wildman–Crippen LogP) is 5.14. The second-order valence-corrected chi connectivity index (χ2v) is 6.31. The molecule has 3 aromatic rings. The number of para-hydroxylation sites is 2. The van der Waals surface area contributed by atoms with Crippen LogP contribution in [-0.4, -0.2) is 12.0 Å². The van der Waals surface area contributed by atoms with Gasteiger partial charge < -0.3 is 4.74 Å². The summed E-state index contributed by atoms with van der Waals surface area (Å²) in [6.45, 7) is 0. The lowest BCUT2D eigenvalue weighted by atomic mass is 10.1. The number of ether oxygens (including phenoxy) is 1. The van der Waals surface area contributed by atoms with Crippen LogP contribution in [0.25, 0.3) is 0 Å². The molecule has 1 aliphatic rings. The molecule has 3 nitrogen and oxygen atoms in total. The van der Waals surface area contributed by atoms with E-state index in [9.17, 15) is 4.79 Å². The van der Waals surface area contributed by atoms with E-state index in [4.69, 9.17) is 16.3 Å². The SMILES string of the molecule is O=C([C@@H]1O[C@@H]1c1cccc(Cl)c1)N(c1ccccc1)c1ccccc1. The molecule has 3 aromatic carbocycles. The highest BCUT2D eigenvalue weighted by molar-refractivity contribution is 6.30. The molecule has 25 heavy (non-hydrogen) atoms. The van der Waals surface area contributed by atoms with Crippen LogP contribution in [0, 0.1) is 0 Å². The summed E-state index contributed by atoms with van der Waals surface area (Å²) in [7, 11) is 0. The van der Waals surface area contributed by atoms with Crippen molar-refractivity contribution in [1.82, 2.24) is 0 Å². The number of rotatable bonds is 4.